The summed E-state index contributed by atoms with van der Waals surface area (Å²) in [7, 11) is -1.22. The van der Waals surface area contributed by atoms with Crippen molar-refractivity contribution in [2.45, 2.75) is 36.7 Å². The molecule has 166 valence electrons. The molecule has 0 aromatic heterocycles. The lowest BCUT2D eigenvalue weighted by molar-refractivity contribution is -0.930. The van der Waals surface area contributed by atoms with Gasteiger partial charge in [-0.2, -0.15) is 0 Å². The molecule has 0 saturated carbocycles. The van der Waals surface area contributed by atoms with Crippen LogP contribution >= 0.6 is 0 Å². The van der Waals surface area contributed by atoms with Crippen LogP contribution in [0.3, 0.4) is 0 Å². The van der Waals surface area contributed by atoms with Crippen LogP contribution in [-0.2, 0) is 14.6 Å². The zero-order valence-corrected chi connectivity index (χ0v) is 18.8. The summed E-state index contributed by atoms with van der Waals surface area (Å²) in [5.41, 5.74) is 1.48. The predicted octanol–water partition coefficient (Wildman–Crippen LogP) is 3.16. The largest absolute Gasteiger partial charge is 0.343 e. The normalized spacial score (nSPS) is 17.6. The van der Waals surface area contributed by atoms with Crippen LogP contribution in [0.15, 0.2) is 53.4 Å². The number of quaternary nitrogens is 1. The second-order valence-electron chi connectivity index (χ2n) is 8.45. The second kappa shape index (κ2) is 8.76. The van der Waals surface area contributed by atoms with Gasteiger partial charge in [-0.25, -0.2) is 8.42 Å². The first-order chi connectivity index (χ1) is 14.5. The maximum atomic E-state index is 12.2. The summed E-state index contributed by atoms with van der Waals surface area (Å²) in [6.45, 7) is 3.21. The first-order valence-corrected chi connectivity index (χ1v) is 12.1. The third-order valence-electron chi connectivity index (χ3n) is 6.02. The SMILES string of the molecule is CC(=O)N[C@@H](c1cccc([N+](=O)[O-])c1)C(c1ccc(S(C)(=O)=O)cc1)[N+]1(C)CCCC1. The Kier molecular flexibility index (Phi) is 6.47. The Morgan fingerprint density at radius 3 is 2.23 bits per heavy atom. The highest BCUT2D eigenvalue weighted by Gasteiger charge is 2.43. The summed E-state index contributed by atoms with van der Waals surface area (Å²) in [4.78, 5) is 23.3. The van der Waals surface area contributed by atoms with E-state index in [0.717, 1.165) is 37.8 Å². The van der Waals surface area contributed by atoms with E-state index in [9.17, 15) is 23.3 Å². The smallest absolute Gasteiger partial charge is 0.269 e. The van der Waals surface area contributed by atoms with Crippen LogP contribution in [0, 0.1) is 10.1 Å². The van der Waals surface area contributed by atoms with Crippen LogP contribution in [0.25, 0.3) is 0 Å². The van der Waals surface area contributed by atoms with E-state index < -0.39 is 20.8 Å². The minimum absolute atomic E-state index is 0.0388. The molecule has 1 saturated heterocycles. The van der Waals surface area contributed by atoms with Gasteiger partial charge in [0.15, 0.2) is 9.84 Å². The predicted molar refractivity (Wildman–Crippen MR) is 117 cm³/mol. The van der Waals surface area contributed by atoms with Gasteiger partial charge in [-0.1, -0.05) is 24.3 Å². The number of nitro benzene ring substituents is 1. The Balaban J connectivity index is 2.16. The molecule has 1 N–H and O–H groups in total. The first kappa shape index (κ1) is 22.9. The topological polar surface area (TPSA) is 106 Å². The second-order valence-corrected chi connectivity index (χ2v) is 10.5. The number of nitrogens with one attached hydrogen (secondary N) is 1. The van der Waals surface area contributed by atoms with Crippen molar-refractivity contribution in [1.29, 1.82) is 0 Å². The summed E-state index contributed by atoms with van der Waals surface area (Å²) in [5.74, 6) is -0.236. The molecule has 0 radical (unpaired) electrons. The number of non-ortho nitro benzene ring substituents is 1. The van der Waals surface area contributed by atoms with Crippen molar-refractivity contribution in [3.05, 3.63) is 69.8 Å². The molecule has 1 aliphatic heterocycles. The molecular weight excluding hydrogens is 418 g/mol. The Morgan fingerprint density at radius 1 is 1.10 bits per heavy atom. The lowest BCUT2D eigenvalue weighted by Crippen LogP contribution is -2.50. The molecule has 31 heavy (non-hydrogen) atoms. The minimum atomic E-state index is -3.34. The fraction of sp³-hybridized carbons (Fsp3) is 0.409. The zero-order valence-electron chi connectivity index (χ0n) is 17.9. The van der Waals surface area contributed by atoms with Crippen molar-refractivity contribution in [2.75, 3.05) is 26.4 Å². The van der Waals surface area contributed by atoms with Gasteiger partial charge < -0.3 is 9.80 Å². The van der Waals surface area contributed by atoms with E-state index in [1.165, 1.54) is 19.1 Å². The minimum Gasteiger partial charge on any atom is -0.343 e. The van der Waals surface area contributed by atoms with Gasteiger partial charge in [0.25, 0.3) is 5.69 Å². The summed E-state index contributed by atoms with van der Waals surface area (Å²) in [6.07, 6.45) is 3.24. The van der Waals surface area contributed by atoms with Crippen molar-refractivity contribution in [2.24, 2.45) is 0 Å². The molecule has 1 aliphatic rings. The van der Waals surface area contributed by atoms with Crippen molar-refractivity contribution < 1.29 is 22.6 Å². The van der Waals surface area contributed by atoms with Gasteiger partial charge in [0.1, 0.15) is 12.1 Å². The van der Waals surface area contributed by atoms with E-state index in [0.29, 0.717) is 10.0 Å². The highest BCUT2D eigenvalue weighted by molar-refractivity contribution is 7.90. The third-order valence-corrected chi connectivity index (χ3v) is 7.15. The molecule has 3 rings (SSSR count). The van der Waals surface area contributed by atoms with Gasteiger partial charge in [0, 0.05) is 43.7 Å². The highest BCUT2D eigenvalue weighted by Crippen LogP contribution is 2.42. The lowest BCUT2D eigenvalue weighted by atomic mass is 9.90. The van der Waals surface area contributed by atoms with E-state index >= 15 is 0 Å². The molecule has 2 aromatic carbocycles. The third kappa shape index (κ3) is 5.11. The van der Waals surface area contributed by atoms with Crippen molar-refractivity contribution in [3.8, 4) is 0 Å². The number of carbonyl (C=O) groups is 1. The molecule has 0 aliphatic carbocycles. The van der Waals surface area contributed by atoms with Crippen molar-refractivity contribution in [3.63, 3.8) is 0 Å². The standard InChI is InChI=1S/C22H27N3O5S/c1-16(26)23-21(18-7-6-8-19(15-18)24(27)28)22(25(2)13-4-5-14-25)17-9-11-20(12-10-17)31(3,29)30/h6-12,15,21-22H,4-5,13-14H2,1-3H3/p+1/t21-,22?/m0/s1. The van der Waals surface area contributed by atoms with Gasteiger partial charge in [-0.3, -0.25) is 14.9 Å². The summed E-state index contributed by atoms with van der Waals surface area (Å²) in [6, 6.07) is 12.3. The van der Waals surface area contributed by atoms with Crippen LogP contribution in [0.5, 0.6) is 0 Å². The Morgan fingerprint density at radius 2 is 1.71 bits per heavy atom. The van der Waals surface area contributed by atoms with E-state index in [2.05, 4.69) is 12.4 Å². The number of amides is 1. The Hall–Kier alpha value is -2.78. The molecule has 2 aromatic rings. The van der Waals surface area contributed by atoms with Gasteiger partial charge in [0.2, 0.25) is 5.91 Å². The Labute approximate surface area is 182 Å². The molecular formula is C22H28N3O5S+. The van der Waals surface area contributed by atoms with Crippen LogP contribution in [0.2, 0.25) is 0 Å². The first-order valence-electron chi connectivity index (χ1n) is 10.2. The molecule has 1 amide bonds. The summed E-state index contributed by atoms with van der Waals surface area (Å²) >= 11 is 0. The number of sulfone groups is 1. The average Bonchev–Trinajstić information content (AvgIpc) is 3.14. The number of nitro groups is 1. The van der Waals surface area contributed by atoms with E-state index in [1.807, 2.05) is 0 Å². The Bertz CT molecular complexity index is 1080. The molecule has 1 unspecified atom stereocenters. The van der Waals surface area contributed by atoms with Crippen molar-refractivity contribution >= 4 is 21.4 Å². The van der Waals surface area contributed by atoms with Crippen molar-refractivity contribution in [1.82, 2.24) is 5.32 Å². The number of likely N-dealkylation sites (tertiary alicyclic amines) is 1. The highest BCUT2D eigenvalue weighted by atomic mass is 32.2. The maximum Gasteiger partial charge on any atom is 0.269 e. The number of nitrogens with zero attached hydrogens (tertiary/aromatic N) is 2. The van der Waals surface area contributed by atoms with Gasteiger partial charge in [-0.05, 0) is 17.7 Å². The van der Waals surface area contributed by atoms with Gasteiger partial charge >= 0.3 is 0 Å². The fourth-order valence-corrected chi connectivity index (χ4v) is 5.19. The molecule has 0 spiro atoms. The molecule has 9 heteroatoms. The number of carbonyl (C=O) groups excluding carboxylic acids is 1. The van der Waals surface area contributed by atoms with Gasteiger partial charge in [-0.15, -0.1) is 0 Å². The molecule has 0 bridgehead atoms. The van der Waals surface area contributed by atoms with Crippen LogP contribution in [-0.4, -0.2) is 50.1 Å². The number of likely N-dealkylation sites (N-methyl/N-ethyl adjacent to an activating group) is 1. The molecule has 1 fully saturated rings. The number of hydrogen-bond donors (Lipinski definition) is 1. The quantitative estimate of drug-likeness (QED) is 0.399. The van der Waals surface area contributed by atoms with E-state index in [1.54, 1.807) is 36.4 Å². The van der Waals surface area contributed by atoms with Gasteiger partial charge in [0.05, 0.1) is 30.0 Å². The maximum absolute atomic E-state index is 12.2. The lowest BCUT2D eigenvalue weighted by Gasteiger charge is -2.42. The van der Waals surface area contributed by atoms with E-state index in [4.69, 9.17) is 0 Å². The van der Waals surface area contributed by atoms with Crippen LogP contribution in [0.4, 0.5) is 5.69 Å². The zero-order chi connectivity index (χ0) is 22.8. The molecule has 8 nitrogen and oxygen atoms in total. The number of benzene rings is 2. The fourth-order valence-electron chi connectivity index (χ4n) is 4.56. The monoisotopic (exact) mass is 446 g/mol. The number of hydrogen-bond acceptors (Lipinski definition) is 5. The summed E-state index contributed by atoms with van der Waals surface area (Å²) in [5, 5.41) is 14.4. The summed E-state index contributed by atoms with van der Waals surface area (Å²) < 4.78 is 24.5. The molecule has 1 heterocycles. The van der Waals surface area contributed by atoms with Crippen LogP contribution < -0.4 is 5.32 Å². The molecule has 2 atom stereocenters. The van der Waals surface area contributed by atoms with E-state index in [-0.39, 0.29) is 22.5 Å². The number of rotatable bonds is 7. The average molecular weight is 447 g/mol. The van der Waals surface area contributed by atoms with Crippen LogP contribution in [0.1, 0.15) is 43.0 Å².